The molecule has 1 aliphatic rings. The number of ether oxygens (including phenoxy) is 1. The predicted octanol–water partition coefficient (Wildman–Crippen LogP) is 2.97. The normalized spacial score (nSPS) is 15.5. The number of aryl methyl sites for hydroxylation is 2. The van der Waals surface area contributed by atoms with Crippen LogP contribution in [0.15, 0.2) is 49.1 Å². The molecule has 0 saturated carbocycles. The summed E-state index contributed by atoms with van der Waals surface area (Å²) in [5.41, 5.74) is 3.46. The third kappa shape index (κ3) is 3.24. The van der Waals surface area contributed by atoms with Crippen molar-refractivity contribution < 1.29 is 9.53 Å². The smallest absolute Gasteiger partial charge is 0.226 e. The van der Waals surface area contributed by atoms with Gasteiger partial charge in [0.15, 0.2) is 17.3 Å². The van der Waals surface area contributed by atoms with Gasteiger partial charge in [0.05, 0.1) is 5.69 Å². The molecule has 9 heteroatoms. The number of aromatic nitrogens is 6. The number of nitrogens with one attached hydrogen (secondary N) is 1. The van der Waals surface area contributed by atoms with Gasteiger partial charge in [0.25, 0.3) is 0 Å². The number of anilines is 1. The predicted molar refractivity (Wildman–Crippen MR) is 115 cm³/mol. The van der Waals surface area contributed by atoms with Crippen LogP contribution in [-0.4, -0.2) is 42.1 Å². The first-order valence-electron chi connectivity index (χ1n) is 9.97. The van der Waals surface area contributed by atoms with Crippen LogP contribution in [0.3, 0.4) is 0 Å². The highest BCUT2D eigenvalue weighted by molar-refractivity contribution is 5.95. The van der Waals surface area contributed by atoms with Gasteiger partial charge in [-0.15, -0.1) is 15.3 Å². The number of benzene rings is 1. The first-order valence-corrected chi connectivity index (χ1v) is 9.97. The molecule has 1 amide bonds. The lowest BCUT2D eigenvalue weighted by molar-refractivity contribution is -0.116. The van der Waals surface area contributed by atoms with Gasteiger partial charge in [0, 0.05) is 17.9 Å². The molecule has 0 fully saturated rings. The highest BCUT2D eigenvalue weighted by Crippen LogP contribution is 2.40. The topological polar surface area (TPSA) is 99.2 Å². The number of fused-ring (bicyclic) bond motifs is 2. The average molecular weight is 415 g/mol. The second-order valence-corrected chi connectivity index (χ2v) is 7.45. The number of hydrogen-bond acceptors (Lipinski definition) is 6. The summed E-state index contributed by atoms with van der Waals surface area (Å²) in [6.07, 6.45) is 2.04. The largest absolute Gasteiger partial charge is 0.490 e. The summed E-state index contributed by atoms with van der Waals surface area (Å²) in [6.45, 7) is 7.89. The molecule has 5 rings (SSSR count). The molecule has 4 aromatic rings. The fourth-order valence-corrected chi connectivity index (χ4v) is 3.97. The fraction of sp³-hybridized carbons (Fsp3) is 0.227. The lowest BCUT2D eigenvalue weighted by atomic mass is 9.86. The molecule has 0 aliphatic carbocycles. The molecule has 1 N–H and O–H groups in total. The molecule has 0 saturated heterocycles. The third-order valence-electron chi connectivity index (χ3n) is 5.35. The van der Waals surface area contributed by atoms with Crippen LogP contribution in [0.5, 0.6) is 5.75 Å². The SMILES string of the molecule is C=CCOc1cccc([C@@H]2CC(=O)Nc3c2c(C)nn3-c2ccc3nnc(C)n3n2)c1. The minimum absolute atomic E-state index is 0.0716. The molecule has 1 atom stereocenters. The van der Waals surface area contributed by atoms with E-state index in [1.807, 2.05) is 50.2 Å². The zero-order valence-corrected chi connectivity index (χ0v) is 17.2. The lowest BCUT2D eigenvalue weighted by Crippen LogP contribution is -2.25. The van der Waals surface area contributed by atoms with Gasteiger partial charge in [-0.25, -0.2) is 0 Å². The van der Waals surface area contributed by atoms with Crippen LogP contribution in [0.2, 0.25) is 0 Å². The summed E-state index contributed by atoms with van der Waals surface area (Å²) in [5.74, 6) is 2.42. The van der Waals surface area contributed by atoms with Crippen LogP contribution < -0.4 is 10.1 Å². The summed E-state index contributed by atoms with van der Waals surface area (Å²) in [6, 6.07) is 11.5. The van der Waals surface area contributed by atoms with Gasteiger partial charge in [-0.2, -0.15) is 14.3 Å². The molecular formula is C22H21N7O2. The van der Waals surface area contributed by atoms with Gasteiger partial charge in [-0.1, -0.05) is 24.8 Å². The Labute approximate surface area is 178 Å². The van der Waals surface area contributed by atoms with Crippen LogP contribution in [0.1, 0.15) is 35.0 Å². The standard InChI is InChI=1S/C22H21N7O2/c1-4-10-31-16-7-5-6-15(11-16)17-12-20(30)23-22-21(17)13(2)26-29(22)19-9-8-18-25-24-14(3)28(18)27-19/h4-9,11,17H,1,10,12H2,2-3H3,(H,23,30)/t17-/m0/s1. The Hall–Kier alpha value is -4.01. The molecule has 0 unspecified atom stereocenters. The highest BCUT2D eigenvalue weighted by Gasteiger charge is 2.33. The summed E-state index contributed by atoms with van der Waals surface area (Å²) < 4.78 is 9.01. The van der Waals surface area contributed by atoms with E-state index in [4.69, 9.17) is 9.84 Å². The Balaban J connectivity index is 1.61. The maximum absolute atomic E-state index is 12.6. The van der Waals surface area contributed by atoms with Gasteiger partial charge in [0.2, 0.25) is 5.91 Å². The minimum Gasteiger partial charge on any atom is -0.490 e. The van der Waals surface area contributed by atoms with Gasteiger partial charge < -0.3 is 10.1 Å². The fourth-order valence-electron chi connectivity index (χ4n) is 3.97. The van der Waals surface area contributed by atoms with E-state index in [2.05, 4.69) is 27.2 Å². The van der Waals surface area contributed by atoms with Crippen molar-refractivity contribution in [3.05, 3.63) is 71.7 Å². The maximum atomic E-state index is 12.6. The monoisotopic (exact) mass is 415 g/mol. The first kappa shape index (κ1) is 19.0. The van der Waals surface area contributed by atoms with Gasteiger partial charge in [-0.05, 0) is 43.7 Å². The molecule has 1 aromatic carbocycles. The molecule has 4 heterocycles. The average Bonchev–Trinajstić information content (AvgIpc) is 3.31. The molecule has 156 valence electrons. The second-order valence-electron chi connectivity index (χ2n) is 7.45. The molecule has 0 radical (unpaired) electrons. The maximum Gasteiger partial charge on any atom is 0.226 e. The Bertz CT molecular complexity index is 1320. The molecule has 0 bridgehead atoms. The molecule has 3 aromatic heterocycles. The number of nitrogens with zero attached hydrogens (tertiary/aromatic N) is 6. The van der Waals surface area contributed by atoms with E-state index in [-0.39, 0.29) is 11.8 Å². The summed E-state index contributed by atoms with van der Waals surface area (Å²) in [4.78, 5) is 12.6. The van der Waals surface area contributed by atoms with Crippen molar-refractivity contribution in [2.24, 2.45) is 0 Å². The van der Waals surface area contributed by atoms with Crippen molar-refractivity contribution >= 4 is 17.4 Å². The molecule has 0 spiro atoms. The first-order chi connectivity index (χ1) is 15.0. The van der Waals surface area contributed by atoms with Crippen molar-refractivity contribution in [2.45, 2.75) is 26.2 Å². The van der Waals surface area contributed by atoms with E-state index in [0.29, 0.717) is 36.1 Å². The number of amides is 1. The third-order valence-corrected chi connectivity index (χ3v) is 5.35. The van der Waals surface area contributed by atoms with E-state index in [9.17, 15) is 4.79 Å². The van der Waals surface area contributed by atoms with Crippen molar-refractivity contribution in [3.8, 4) is 11.6 Å². The van der Waals surface area contributed by atoms with Crippen LogP contribution in [0.25, 0.3) is 11.5 Å². The summed E-state index contributed by atoms with van der Waals surface area (Å²) in [5, 5.41) is 20.4. The van der Waals surface area contributed by atoms with Crippen LogP contribution in [0, 0.1) is 13.8 Å². The lowest BCUT2D eigenvalue weighted by Gasteiger charge is -2.24. The number of rotatable bonds is 5. The zero-order valence-electron chi connectivity index (χ0n) is 17.2. The van der Waals surface area contributed by atoms with Gasteiger partial charge >= 0.3 is 0 Å². The van der Waals surface area contributed by atoms with Crippen molar-refractivity contribution in [3.63, 3.8) is 0 Å². The van der Waals surface area contributed by atoms with Crippen molar-refractivity contribution in [1.82, 2.24) is 29.6 Å². The van der Waals surface area contributed by atoms with Gasteiger partial charge in [-0.3, -0.25) is 4.79 Å². The van der Waals surface area contributed by atoms with Crippen LogP contribution in [0.4, 0.5) is 5.82 Å². The summed E-state index contributed by atoms with van der Waals surface area (Å²) >= 11 is 0. The Morgan fingerprint density at radius 2 is 2.10 bits per heavy atom. The second kappa shape index (κ2) is 7.35. The number of carbonyl (C=O) groups excluding carboxylic acids is 1. The molecule has 9 nitrogen and oxygen atoms in total. The van der Waals surface area contributed by atoms with Crippen molar-refractivity contribution in [1.29, 1.82) is 0 Å². The van der Waals surface area contributed by atoms with Crippen LogP contribution >= 0.6 is 0 Å². The van der Waals surface area contributed by atoms with Crippen LogP contribution in [-0.2, 0) is 4.79 Å². The quantitative estimate of drug-likeness (QED) is 0.503. The van der Waals surface area contributed by atoms with E-state index in [1.165, 1.54) is 0 Å². The van der Waals surface area contributed by atoms with E-state index in [0.717, 1.165) is 22.6 Å². The highest BCUT2D eigenvalue weighted by atomic mass is 16.5. The van der Waals surface area contributed by atoms with E-state index < -0.39 is 0 Å². The Morgan fingerprint density at radius 3 is 2.94 bits per heavy atom. The van der Waals surface area contributed by atoms with Crippen molar-refractivity contribution in [2.75, 3.05) is 11.9 Å². The van der Waals surface area contributed by atoms with E-state index in [1.54, 1.807) is 15.3 Å². The Kier molecular flexibility index (Phi) is 4.50. The summed E-state index contributed by atoms with van der Waals surface area (Å²) in [7, 11) is 0. The molecular weight excluding hydrogens is 394 g/mol. The molecule has 31 heavy (non-hydrogen) atoms. The van der Waals surface area contributed by atoms with Gasteiger partial charge in [0.1, 0.15) is 18.2 Å². The zero-order chi connectivity index (χ0) is 21.5. The molecule has 1 aliphatic heterocycles. The number of carbonyl (C=O) groups is 1. The minimum atomic E-state index is -0.134. The number of hydrogen-bond donors (Lipinski definition) is 1. The van der Waals surface area contributed by atoms with E-state index >= 15 is 0 Å². The Morgan fingerprint density at radius 1 is 1.23 bits per heavy atom.